The maximum atomic E-state index is 14.2. The summed E-state index contributed by atoms with van der Waals surface area (Å²) in [6, 6.07) is 3.52. The molecule has 0 heterocycles. The molecule has 13 heteroatoms. The summed E-state index contributed by atoms with van der Waals surface area (Å²) in [5.41, 5.74) is -0.729. The number of amides is 2. The van der Waals surface area contributed by atoms with E-state index in [0.717, 1.165) is 37.1 Å². The quantitative estimate of drug-likeness (QED) is 0.179. The van der Waals surface area contributed by atoms with Gasteiger partial charge in [0.05, 0.1) is 34.6 Å². The van der Waals surface area contributed by atoms with Crippen LogP contribution in [-0.4, -0.2) is 31.6 Å². The number of carbonyl (C=O) groups is 3. The first-order valence-corrected chi connectivity index (χ1v) is 11.6. The smallest absolute Gasteiger partial charge is 0.449 e. The molecular weight excluding hydrogens is 525 g/mol. The topological polar surface area (TPSA) is 112 Å². The van der Waals surface area contributed by atoms with Crippen molar-refractivity contribution in [3.63, 3.8) is 0 Å². The lowest BCUT2D eigenvalue weighted by Gasteiger charge is -2.13. The van der Waals surface area contributed by atoms with Crippen molar-refractivity contribution in [3.8, 4) is 11.5 Å². The van der Waals surface area contributed by atoms with Crippen LogP contribution in [-0.2, 0) is 9.47 Å². The van der Waals surface area contributed by atoms with Crippen LogP contribution in [0.15, 0.2) is 24.3 Å². The zero-order chi connectivity index (χ0) is 26.7. The Bertz CT molecular complexity index is 1020. The van der Waals surface area contributed by atoms with Gasteiger partial charge in [-0.15, -0.1) is 0 Å². The number of ether oxygens (including phenoxy) is 4. The van der Waals surface area contributed by atoms with Crippen molar-refractivity contribution in [2.24, 2.45) is 0 Å². The molecule has 196 valence electrons. The Morgan fingerprint density at radius 2 is 1.14 bits per heavy atom. The number of rotatable bonds is 10. The maximum Gasteiger partial charge on any atom is 0.519 e. The van der Waals surface area contributed by atoms with Crippen molar-refractivity contribution in [2.75, 3.05) is 23.8 Å². The number of nitrogens with one attached hydrogen (secondary N) is 2. The summed E-state index contributed by atoms with van der Waals surface area (Å²) in [7, 11) is 0. The summed E-state index contributed by atoms with van der Waals surface area (Å²) in [5, 5.41) is 3.74. The van der Waals surface area contributed by atoms with Gasteiger partial charge >= 0.3 is 18.3 Å². The largest absolute Gasteiger partial charge is 0.519 e. The number of anilines is 2. The molecular formula is C23H24Cl2F2N2O7. The molecule has 2 aromatic rings. The van der Waals surface area contributed by atoms with Gasteiger partial charge < -0.3 is 18.9 Å². The van der Waals surface area contributed by atoms with Crippen LogP contribution in [0.1, 0.15) is 39.5 Å². The van der Waals surface area contributed by atoms with Crippen molar-refractivity contribution in [1.29, 1.82) is 0 Å². The van der Waals surface area contributed by atoms with Gasteiger partial charge in [0, 0.05) is 12.1 Å². The van der Waals surface area contributed by atoms with Gasteiger partial charge in [0.1, 0.15) is 11.6 Å². The summed E-state index contributed by atoms with van der Waals surface area (Å²) >= 11 is 11.8. The van der Waals surface area contributed by atoms with Crippen LogP contribution in [0.5, 0.6) is 11.5 Å². The second-order valence-electron chi connectivity index (χ2n) is 7.21. The van der Waals surface area contributed by atoms with Gasteiger partial charge in [0.15, 0.2) is 11.5 Å². The summed E-state index contributed by atoms with van der Waals surface area (Å²) in [4.78, 5) is 35.9. The average Bonchev–Trinajstić information content (AvgIpc) is 2.80. The molecule has 0 aliphatic heterocycles. The molecule has 0 aliphatic rings. The normalized spacial score (nSPS) is 10.4. The Balaban J connectivity index is 2.10. The third kappa shape index (κ3) is 9.04. The second kappa shape index (κ2) is 14.3. The van der Waals surface area contributed by atoms with Crippen molar-refractivity contribution in [1.82, 2.24) is 0 Å². The van der Waals surface area contributed by atoms with E-state index in [2.05, 4.69) is 10.6 Å². The van der Waals surface area contributed by atoms with Crippen molar-refractivity contribution >= 4 is 52.9 Å². The molecule has 0 atom stereocenters. The first kappa shape index (κ1) is 28.9. The molecule has 0 unspecified atom stereocenters. The molecule has 0 saturated carbocycles. The summed E-state index contributed by atoms with van der Waals surface area (Å²) in [6.45, 7) is 4.08. The average molecular weight is 549 g/mol. The predicted molar refractivity (Wildman–Crippen MR) is 129 cm³/mol. The highest BCUT2D eigenvalue weighted by molar-refractivity contribution is 6.32. The third-order valence-electron chi connectivity index (χ3n) is 4.37. The molecule has 0 fully saturated rings. The van der Waals surface area contributed by atoms with E-state index in [1.165, 1.54) is 0 Å². The lowest BCUT2D eigenvalue weighted by molar-refractivity contribution is 0.152. The second-order valence-corrected chi connectivity index (χ2v) is 8.02. The van der Waals surface area contributed by atoms with Crippen LogP contribution in [0, 0.1) is 11.6 Å². The van der Waals surface area contributed by atoms with Gasteiger partial charge in [0.2, 0.25) is 0 Å². The van der Waals surface area contributed by atoms with E-state index < -0.39 is 30.0 Å². The van der Waals surface area contributed by atoms with Crippen LogP contribution in [0.3, 0.4) is 0 Å². The van der Waals surface area contributed by atoms with E-state index in [9.17, 15) is 23.2 Å². The molecule has 0 aromatic heterocycles. The molecule has 2 amide bonds. The monoisotopic (exact) mass is 548 g/mol. The van der Waals surface area contributed by atoms with Gasteiger partial charge in [0.25, 0.3) is 0 Å². The molecule has 0 saturated heterocycles. The number of hydrogen-bond acceptors (Lipinski definition) is 7. The number of halogens is 4. The number of hydrogen-bond donors (Lipinski definition) is 2. The van der Waals surface area contributed by atoms with Gasteiger partial charge in [-0.25, -0.2) is 23.2 Å². The van der Waals surface area contributed by atoms with E-state index in [4.69, 9.17) is 42.1 Å². The minimum atomic E-state index is -1.37. The molecule has 36 heavy (non-hydrogen) atoms. The molecule has 2 rings (SSSR count). The van der Waals surface area contributed by atoms with Gasteiger partial charge in [-0.1, -0.05) is 49.9 Å². The third-order valence-corrected chi connectivity index (χ3v) is 4.96. The molecule has 0 aliphatic carbocycles. The Labute approximate surface area is 215 Å². The van der Waals surface area contributed by atoms with Gasteiger partial charge in [-0.3, -0.25) is 10.6 Å². The molecule has 0 bridgehead atoms. The van der Waals surface area contributed by atoms with Gasteiger partial charge in [-0.2, -0.15) is 0 Å². The summed E-state index contributed by atoms with van der Waals surface area (Å²) in [5.74, 6) is -2.53. The minimum absolute atomic E-state index is 0.138. The maximum absolute atomic E-state index is 14.2. The molecule has 0 spiro atoms. The lowest BCUT2D eigenvalue weighted by Crippen LogP contribution is -2.18. The lowest BCUT2D eigenvalue weighted by atomic mass is 10.3. The Kier molecular flexibility index (Phi) is 11.5. The highest BCUT2D eigenvalue weighted by Crippen LogP contribution is 2.33. The number of benzene rings is 2. The Hall–Kier alpha value is -3.31. The fourth-order valence-electron chi connectivity index (χ4n) is 2.52. The molecule has 2 N–H and O–H groups in total. The highest BCUT2D eigenvalue weighted by Gasteiger charge is 2.19. The zero-order valence-corrected chi connectivity index (χ0v) is 20.9. The molecule has 9 nitrogen and oxygen atoms in total. The van der Waals surface area contributed by atoms with E-state index in [1.54, 1.807) is 0 Å². The van der Waals surface area contributed by atoms with Crippen molar-refractivity contribution in [2.45, 2.75) is 39.5 Å². The highest BCUT2D eigenvalue weighted by atomic mass is 35.5. The predicted octanol–water partition coefficient (Wildman–Crippen LogP) is 7.55. The zero-order valence-electron chi connectivity index (χ0n) is 19.4. The fourth-order valence-corrected chi connectivity index (χ4v) is 2.89. The summed E-state index contributed by atoms with van der Waals surface area (Å²) in [6.07, 6.45) is -0.359. The van der Waals surface area contributed by atoms with Crippen LogP contribution >= 0.6 is 23.2 Å². The summed E-state index contributed by atoms with van der Waals surface area (Å²) < 4.78 is 48.1. The minimum Gasteiger partial charge on any atom is -0.449 e. The Morgan fingerprint density at radius 1 is 0.750 bits per heavy atom. The first-order valence-electron chi connectivity index (χ1n) is 10.9. The molecule has 2 aromatic carbocycles. The van der Waals surface area contributed by atoms with E-state index in [0.29, 0.717) is 12.8 Å². The van der Waals surface area contributed by atoms with Crippen molar-refractivity contribution in [3.05, 3.63) is 45.9 Å². The van der Waals surface area contributed by atoms with E-state index in [1.807, 2.05) is 13.8 Å². The molecule has 0 radical (unpaired) electrons. The van der Waals surface area contributed by atoms with Crippen LogP contribution in [0.4, 0.5) is 34.5 Å². The van der Waals surface area contributed by atoms with Crippen molar-refractivity contribution < 1.29 is 42.1 Å². The number of unbranched alkanes of at least 4 members (excludes halogenated alkanes) is 2. The van der Waals surface area contributed by atoms with Gasteiger partial charge in [-0.05, 0) is 25.0 Å². The van der Waals surface area contributed by atoms with Crippen LogP contribution in [0.25, 0.3) is 0 Å². The first-order chi connectivity index (χ1) is 17.1. The standard InChI is InChI=1S/C23H24Cl2F2N2O7/c1-3-5-7-33-21(30)28-17-11-19(13(24)9-15(17)26)35-23(32)36-20-12-18(16(27)10-14(20)25)29-22(31)34-8-6-4-2/h9-12H,3-8H2,1-2H3,(H,28,30)(H,29,31). The number of carbonyl (C=O) groups excluding carboxylic acids is 3. The van der Waals surface area contributed by atoms with E-state index in [-0.39, 0.29) is 46.1 Å². The fraction of sp³-hybridized carbons (Fsp3) is 0.348. The van der Waals surface area contributed by atoms with Crippen LogP contribution < -0.4 is 20.1 Å². The van der Waals surface area contributed by atoms with E-state index >= 15 is 0 Å². The van der Waals surface area contributed by atoms with Crippen LogP contribution in [0.2, 0.25) is 10.0 Å². The SMILES string of the molecule is CCCCOC(=O)Nc1cc(OC(=O)Oc2cc(NC(=O)OCCCC)c(F)cc2Cl)c(Cl)cc1F. The Morgan fingerprint density at radius 3 is 1.50 bits per heavy atom.